The first kappa shape index (κ1) is 13.4. The molecule has 0 bridgehead atoms. The van der Waals surface area contributed by atoms with Gasteiger partial charge in [0.1, 0.15) is 5.75 Å². The van der Waals surface area contributed by atoms with E-state index in [2.05, 4.69) is 0 Å². The van der Waals surface area contributed by atoms with Crippen molar-refractivity contribution < 1.29 is 14.7 Å². The van der Waals surface area contributed by atoms with Crippen LogP contribution in [-0.4, -0.2) is 29.2 Å². The normalized spacial score (nSPS) is 10.6. The molecule has 100 valence electrons. The second-order valence-electron chi connectivity index (χ2n) is 4.13. The Morgan fingerprint density at radius 2 is 1.84 bits per heavy atom. The number of phenols is 1. The lowest BCUT2D eigenvalue weighted by Gasteiger charge is -2.20. The summed E-state index contributed by atoms with van der Waals surface area (Å²) in [6.45, 7) is 4.48. The molecular formula is C15H17NO3. The average molecular weight is 259 g/mol. The molecule has 0 atom stereocenters. The van der Waals surface area contributed by atoms with Crippen LogP contribution in [0, 0.1) is 0 Å². The third-order valence-corrected chi connectivity index (χ3v) is 2.89. The zero-order valence-corrected chi connectivity index (χ0v) is 11.1. The molecule has 1 N–H and O–H groups in total. The van der Waals surface area contributed by atoms with Gasteiger partial charge < -0.3 is 5.11 Å². The predicted octanol–water partition coefficient (Wildman–Crippen LogP) is 2.96. The molecule has 2 rings (SSSR count). The standard InChI is InChI=1S/C15H17NO3/c1-3-16(19-4-2)15(18)13-9-11-7-5-6-8-12(11)10-14(13)17/h5-10,17H,3-4H2,1-2H3. The number of hydrogen-bond donors (Lipinski definition) is 1. The molecule has 2 aromatic carbocycles. The summed E-state index contributed by atoms with van der Waals surface area (Å²) in [7, 11) is 0. The van der Waals surface area contributed by atoms with Crippen molar-refractivity contribution >= 4 is 16.7 Å². The van der Waals surface area contributed by atoms with Crippen molar-refractivity contribution in [2.75, 3.05) is 13.2 Å². The Bertz CT molecular complexity index is 595. The first-order chi connectivity index (χ1) is 9.17. The van der Waals surface area contributed by atoms with Crippen LogP contribution in [0.3, 0.4) is 0 Å². The lowest BCUT2D eigenvalue weighted by Crippen LogP contribution is -2.31. The highest BCUT2D eigenvalue weighted by molar-refractivity contribution is 6.01. The molecule has 0 aliphatic carbocycles. The van der Waals surface area contributed by atoms with Crippen LogP contribution < -0.4 is 0 Å². The topological polar surface area (TPSA) is 49.8 Å². The number of hydroxylamine groups is 2. The van der Waals surface area contributed by atoms with Gasteiger partial charge in [0.2, 0.25) is 0 Å². The summed E-state index contributed by atoms with van der Waals surface area (Å²) in [5.74, 6) is -0.352. The number of carbonyl (C=O) groups is 1. The number of amides is 1. The minimum atomic E-state index is -0.326. The van der Waals surface area contributed by atoms with E-state index in [0.717, 1.165) is 10.8 Å². The van der Waals surface area contributed by atoms with Crippen LogP contribution in [0.1, 0.15) is 24.2 Å². The molecule has 0 saturated heterocycles. The fourth-order valence-corrected chi connectivity index (χ4v) is 1.98. The van der Waals surface area contributed by atoms with E-state index in [1.54, 1.807) is 12.1 Å². The Kier molecular flexibility index (Phi) is 4.02. The van der Waals surface area contributed by atoms with Gasteiger partial charge >= 0.3 is 0 Å². The van der Waals surface area contributed by atoms with Gasteiger partial charge in [-0.05, 0) is 36.8 Å². The van der Waals surface area contributed by atoms with E-state index in [0.29, 0.717) is 13.2 Å². The number of carbonyl (C=O) groups excluding carboxylic acids is 1. The Hall–Kier alpha value is -2.07. The second kappa shape index (κ2) is 5.71. The first-order valence-electron chi connectivity index (χ1n) is 6.34. The molecular weight excluding hydrogens is 242 g/mol. The summed E-state index contributed by atoms with van der Waals surface area (Å²) in [6, 6.07) is 10.9. The molecule has 4 nitrogen and oxygen atoms in total. The quantitative estimate of drug-likeness (QED) is 0.859. The highest BCUT2D eigenvalue weighted by Gasteiger charge is 2.18. The van der Waals surface area contributed by atoms with Gasteiger partial charge in [0.15, 0.2) is 0 Å². The second-order valence-corrected chi connectivity index (χ2v) is 4.13. The van der Waals surface area contributed by atoms with Crippen LogP contribution in [0.5, 0.6) is 5.75 Å². The number of hydrogen-bond acceptors (Lipinski definition) is 3. The van der Waals surface area contributed by atoms with Crippen molar-refractivity contribution in [2.24, 2.45) is 0 Å². The minimum Gasteiger partial charge on any atom is -0.507 e. The zero-order valence-electron chi connectivity index (χ0n) is 11.1. The Morgan fingerprint density at radius 1 is 1.21 bits per heavy atom. The molecule has 19 heavy (non-hydrogen) atoms. The number of phenolic OH excluding ortho intramolecular Hbond substituents is 1. The van der Waals surface area contributed by atoms with Gasteiger partial charge in [-0.15, -0.1) is 0 Å². The van der Waals surface area contributed by atoms with Crippen molar-refractivity contribution in [1.82, 2.24) is 5.06 Å². The van der Waals surface area contributed by atoms with Crippen LogP contribution in [0.15, 0.2) is 36.4 Å². The first-order valence-corrected chi connectivity index (χ1v) is 6.34. The van der Waals surface area contributed by atoms with E-state index < -0.39 is 0 Å². The van der Waals surface area contributed by atoms with Crippen LogP contribution >= 0.6 is 0 Å². The van der Waals surface area contributed by atoms with Crippen molar-refractivity contribution in [3.63, 3.8) is 0 Å². The predicted molar refractivity (Wildman–Crippen MR) is 73.9 cm³/mol. The SMILES string of the molecule is CCON(CC)C(=O)c1cc2ccccc2cc1O. The molecule has 0 unspecified atom stereocenters. The molecule has 0 spiro atoms. The summed E-state index contributed by atoms with van der Waals surface area (Å²) in [5, 5.41) is 13.1. The smallest absolute Gasteiger partial charge is 0.281 e. The van der Waals surface area contributed by atoms with Crippen LogP contribution in [-0.2, 0) is 4.84 Å². The van der Waals surface area contributed by atoms with Gasteiger partial charge in [-0.3, -0.25) is 9.63 Å². The summed E-state index contributed by atoms with van der Waals surface area (Å²) in [5.41, 5.74) is 0.258. The molecule has 0 saturated carbocycles. The van der Waals surface area contributed by atoms with Gasteiger partial charge in [-0.2, -0.15) is 0 Å². The van der Waals surface area contributed by atoms with Crippen LogP contribution in [0.2, 0.25) is 0 Å². The van der Waals surface area contributed by atoms with E-state index in [1.807, 2.05) is 38.1 Å². The maximum atomic E-state index is 12.3. The lowest BCUT2D eigenvalue weighted by atomic mass is 10.1. The van der Waals surface area contributed by atoms with Gasteiger partial charge in [-0.25, -0.2) is 5.06 Å². The number of rotatable bonds is 4. The third kappa shape index (κ3) is 2.69. The highest BCUT2D eigenvalue weighted by Crippen LogP contribution is 2.26. The minimum absolute atomic E-state index is 0.0261. The number of benzene rings is 2. The number of fused-ring (bicyclic) bond motifs is 1. The molecule has 0 heterocycles. The third-order valence-electron chi connectivity index (χ3n) is 2.89. The van der Waals surface area contributed by atoms with Crippen molar-refractivity contribution in [3.8, 4) is 5.75 Å². The zero-order chi connectivity index (χ0) is 13.8. The van der Waals surface area contributed by atoms with Gasteiger partial charge in [0.25, 0.3) is 5.91 Å². The van der Waals surface area contributed by atoms with Crippen molar-refractivity contribution in [3.05, 3.63) is 42.0 Å². The fourth-order valence-electron chi connectivity index (χ4n) is 1.98. The number of nitrogens with zero attached hydrogens (tertiary/aromatic N) is 1. The summed E-state index contributed by atoms with van der Waals surface area (Å²) in [4.78, 5) is 17.5. The van der Waals surface area contributed by atoms with E-state index in [-0.39, 0.29) is 17.2 Å². The summed E-state index contributed by atoms with van der Waals surface area (Å²) < 4.78 is 0. The van der Waals surface area contributed by atoms with E-state index in [1.165, 1.54) is 5.06 Å². The molecule has 0 aliphatic rings. The van der Waals surface area contributed by atoms with Gasteiger partial charge in [0.05, 0.1) is 12.2 Å². The molecule has 4 heteroatoms. The van der Waals surface area contributed by atoms with Gasteiger partial charge in [-0.1, -0.05) is 24.3 Å². The van der Waals surface area contributed by atoms with Crippen molar-refractivity contribution in [2.45, 2.75) is 13.8 Å². The summed E-state index contributed by atoms with van der Waals surface area (Å²) in [6.07, 6.45) is 0. The maximum absolute atomic E-state index is 12.3. The molecule has 0 aliphatic heterocycles. The average Bonchev–Trinajstić information content (AvgIpc) is 2.43. The summed E-state index contributed by atoms with van der Waals surface area (Å²) >= 11 is 0. The van der Waals surface area contributed by atoms with Gasteiger partial charge in [0, 0.05) is 6.54 Å². The van der Waals surface area contributed by atoms with E-state index >= 15 is 0 Å². The van der Waals surface area contributed by atoms with E-state index in [9.17, 15) is 9.90 Å². The molecule has 0 fully saturated rings. The van der Waals surface area contributed by atoms with E-state index in [4.69, 9.17) is 4.84 Å². The maximum Gasteiger partial charge on any atom is 0.281 e. The monoisotopic (exact) mass is 259 g/mol. The largest absolute Gasteiger partial charge is 0.507 e. The van der Waals surface area contributed by atoms with Crippen molar-refractivity contribution in [1.29, 1.82) is 0 Å². The Balaban J connectivity index is 2.43. The van der Waals surface area contributed by atoms with Crippen LogP contribution in [0.4, 0.5) is 0 Å². The van der Waals surface area contributed by atoms with Crippen LogP contribution in [0.25, 0.3) is 10.8 Å². The molecule has 0 radical (unpaired) electrons. The molecule has 1 amide bonds. The Labute approximate surface area is 112 Å². The fraction of sp³-hybridized carbons (Fsp3) is 0.267. The lowest BCUT2D eigenvalue weighted by molar-refractivity contribution is -0.115. The molecule has 2 aromatic rings. The highest BCUT2D eigenvalue weighted by atomic mass is 16.7. The number of aromatic hydroxyl groups is 1. The molecule has 0 aromatic heterocycles. The Morgan fingerprint density at radius 3 is 2.42 bits per heavy atom.